The molecule has 0 aliphatic carbocycles. The number of benzene rings is 1. The van der Waals surface area contributed by atoms with Crippen molar-refractivity contribution in [3.63, 3.8) is 0 Å². The molecule has 0 unspecified atom stereocenters. The molecule has 0 N–H and O–H groups in total. The third kappa shape index (κ3) is 3.04. The van der Waals surface area contributed by atoms with Gasteiger partial charge < -0.3 is 9.47 Å². The van der Waals surface area contributed by atoms with Crippen molar-refractivity contribution in [2.24, 2.45) is 0 Å². The number of hydrogen-bond donors (Lipinski definition) is 0. The van der Waals surface area contributed by atoms with Crippen molar-refractivity contribution in [1.82, 2.24) is 4.90 Å². The Morgan fingerprint density at radius 2 is 2.19 bits per heavy atom. The lowest BCUT2D eigenvalue weighted by molar-refractivity contribution is 0.0387. The standard InChI is InChI=1S/C14H18FNO4S/c1-19-14-9-21(17,18)8-12(14)16-4-5-20-13-3-2-11(15)6-10(13)7-16/h2-3,6,12,14H,4-5,7-9H2,1H3/t12-,14+/m0/s1. The van der Waals surface area contributed by atoms with Crippen LogP contribution in [0.1, 0.15) is 5.56 Å². The number of rotatable bonds is 2. The molecule has 1 fully saturated rings. The molecule has 0 radical (unpaired) electrons. The van der Waals surface area contributed by atoms with Gasteiger partial charge in [-0.05, 0) is 18.2 Å². The smallest absolute Gasteiger partial charge is 0.154 e. The van der Waals surface area contributed by atoms with E-state index in [0.29, 0.717) is 25.4 Å². The molecule has 2 heterocycles. The number of sulfone groups is 1. The van der Waals surface area contributed by atoms with E-state index in [2.05, 4.69) is 0 Å². The number of methoxy groups -OCH3 is 1. The number of ether oxygens (including phenoxy) is 2. The summed E-state index contributed by atoms with van der Waals surface area (Å²) in [5, 5.41) is 0. The Kier molecular flexibility index (Phi) is 3.90. The molecular formula is C14H18FNO4S. The normalized spacial score (nSPS) is 28.7. The minimum atomic E-state index is -3.09. The van der Waals surface area contributed by atoms with Gasteiger partial charge in [-0.1, -0.05) is 0 Å². The van der Waals surface area contributed by atoms with E-state index < -0.39 is 9.84 Å². The van der Waals surface area contributed by atoms with Crippen LogP contribution in [0.4, 0.5) is 4.39 Å². The Morgan fingerprint density at radius 3 is 2.95 bits per heavy atom. The topological polar surface area (TPSA) is 55.8 Å². The summed E-state index contributed by atoms with van der Waals surface area (Å²) in [5.74, 6) is 0.466. The summed E-state index contributed by atoms with van der Waals surface area (Å²) in [4.78, 5) is 2.02. The molecule has 2 atom stereocenters. The molecule has 1 aromatic carbocycles. The van der Waals surface area contributed by atoms with Crippen LogP contribution in [-0.4, -0.2) is 57.2 Å². The van der Waals surface area contributed by atoms with Gasteiger partial charge in [-0.25, -0.2) is 12.8 Å². The highest BCUT2D eigenvalue weighted by Gasteiger charge is 2.41. The molecular weight excluding hydrogens is 297 g/mol. The summed E-state index contributed by atoms with van der Waals surface area (Å²) in [7, 11) is -1.56. The monoisotopic (exact) mass is 315 g/mol. The number of fused-ring (bicyclic) bond motifs is 1. The maximum atomic E-state index is 13.4. The summed E-state index contributed by atoms with van der Waals surface area (Å²) in [5.41, 5.74) is 0.742. The maximum Gasteiger partial charge on any atom is 0.154 e. The molecule has 0 amide bonds. The van der Waals surface area contributed by atoms with Crippen molar-refractivity contribution in [3.05, 3.63) is 29.6 Å². The van der Waals surface area contributed by atoms with E-state index in [4.69, 9.17) is 9.47 Å². The van der Waals surface area contributed by atoms with Gasteiger partial charge in [-0.15, -0.1) is 0 Å². The van der Waals surface area contributed by atoms with E-state index in [0.717, 1.165) is 5.56 Å². The molecule has 0 saturated carbocycles. The quantitative estimate of drug-likeness (QED) is 0.809. The second-order valence-electron chi connectivity index (χ2n) is 5.49. The van der Waals surface area contributed by atoms with Crippen LogP contribution >= 0.6 is 0 Å². The molecule has 21 heavy (non-hydrogen) atoms. The fourth-order valence-corrected chi connectivity index (χ4v) is 4.97. The first-order chi connectivity index (χ1) is 9.98. The number of halogens is 1. The summed E-state index contributed by atoms with van der Waals surface area (Å²) < 4.78 is 48.0. The minimum absolute atomic E-state index is 0.0432. The number of hydrogen-bond acceptors (Lipinski definition) is 5. The average molecular weight is 315 g/mol. The SMILES string of the molecule is CO[C@@H]1CS(=O)(=O)C[C@@H]1N1CCOc2ccc(F)cc2C1. The van der Waals surface area contributed by atoms with Crippen LogP contribution in [-0.2, 0) is 21.1 Å². The zero-order valence-electron chi connectivity index (χ0n) is 11.8. The molecule has 0 spiro atoms. The van der Waals surface area contributed by atoms with Gasteiger partial charge in [0.15, 0.2) is 9.84 Å². The molecule has 3 rings (SSSR count). The highest BCUT2D eigenvalue weighted by atomic mass is 32.2. The Balaban J connectivity index is 1.86. The number of nitrogens with zero attached hydrogens (tertiary/aromatic N) is 1. The van der Waals surface area contributed by atoms with Crippen LogP contribution in [0.3, 0.4) is 0 Å². The Hall–Kier alpha value is -1.18. The summed E-state index contributed by atoms with van der Waals surface area (Å²) in [6, 6.07) is 4.22. The van der Waals surface area contributed by atoms with Gasteiger partial charge in [0.05, 0.1) is 23.7 Å². The Labute approximate surface area is 123 Å². The van der Waals surface area contributed by atoms with Gasteiger partial charge in [0, 0.05) is 25.8 Å². The van der Waals surface area contributed by atoms with Crippen molar-refractivity contribution in [3.8, 4) is 5.75 Å². The third-order valence-electron chi connectivity index (χ3n) is 4.08. The van der Waals surface area contributed by atoms with Crippen molar-refractivity contribution < 1.29 is 22.3 Å². The van der Waals surface area contributed by atoms with Crippen LogP contribution in [0, 0.1) is 5.82 Å². The molecule has 2 aliphatic rings. The maximum absolute atomic E-state index is 13.4. The van der Waals surface area contributed by atoms with E-state index >= 15 is 0 Å². The van der Waals surface area contributed by atoms with E-state index in [-0.39, 0.29) is 29.5 Å². The van der Waals surface area contributed by atoms with Gasteiger partial charge in [0.1, 0.15) is 18.2 Å². The van der Waals surface area contributed by atoms with Gasteiger partial charge in [0.25, 0.3) is 0 Å². The largest absolute Gasteiger partial charge is 0.492 e. The lowest BCUT2D eigenvalue weighted by atomic mass is 10.1. The highest BCUT2D eigenvalue weighted by Crippen LogP contribution is 2.28. The molecule has 0 aromatic heterocycles. The van der Waals surface area contributed by atoms with E-state index in [1.54, 1.807) is 6.07 Å². The first kappa shape index (κ1) is 14.7. The second kappa shape index (κ2) is 5.55. The van der Waals surface area contributed by atoms with Crippen LogP contribution in [0.2, 0.25) is 0 Å². The van der Waals surface area contributed by atoms with Crippen molar-refractivity contribution in [2.75, 3.05) is 31.8 Å². The molecule has 5 nitrogen and oxygen atoms in total. The Morgan fingerprint density at radius 1 is 1.38 bits per heavy atom. The molecule has 116 valence electrons. The van der Waals surface area contributed by atoms with E-state index in [1.807, 2.05) is 4.90 Å². The summed E-state index contributed by atoms with van der Waals surface area (Å²) >= 11 is 0. The zero-order valence-corrected chi connectivity index (χ0v) is 12.6. The molecule has 2 aliphatic heterocycles. The zero-order chi connectivity index (χ0) is 15.0. The lowest BCUT2D eigenvalue weighted by Gasteiger charge is -2.29. The molecule has 1 aromatic rings. The van der Waals surface area contributed by atoms with Crippen LogP contribution in [0.5, 0.6) is 5.75 Å². The molecule has 7 heteroatoms. The van der Waals surface area contributed by atoms with Gasteiger partial charge in [-0.3, -0.25) is 4.90 Å². The van der Waals surface area contributed by atoms with Crippen molar-refractivity contribution >= 4 is 9.84 Å². The highest BCUT2D eigenvalue weighted by molar-refractivity contribution is 7.91. The van der Waals surface area contributed by atoms with Gasteiger partial charge in [-0.2, -0.15) is 0 Å². The molecule has 1 saturated heterocycles. The van der Waals surface area contributed by atoms with Gasteiger partial charge in [0.2, 0.25) is 0 Å². The Bertz CT molecular complexity index is 634. The summed E-state index contributed by atoms with van der Waals surface area (Å²) in [6.45, 7) is 1.51. The predicted octanol–water partition coefficient (Wildman–Crippen LogP) is 0.832. The van der Waals surface area contributed by atoms with Crippen molar-refractivity contribution in [1.29, 1.82) is 0 Å². The summed E-state index contributed by atoms with van der Waals surface area (Å²) in [6.07, 6.45) is -0.342. The lowest BCUT2D eigenvalue weighted by Crippen LogP contribution is -2.44. The van der Waals surface area contributed by atoms with Gasteiger partial charge >= 0.3 is 0 Å². The average Bonchev–Trinajstić information content (AvgIpc) is 2.62. The van der Waals surface area contributed by atoms with Crippen LogP contribution in [0.25, 0.3) is 0 Å². The second-order valence-corrected chi connectivity index (χ2v) is 7.64. The van der Waals surface area contributed by atoms with Crippen molar-refractivity contribution in [2.45, 2.75) is 18.7 Å². The molecule has 0 bridgehead atoms. The minimum Gasteiger partial charge on any atom is -0.492 e. The van der Waals surface area contributed by atoms with Crippen LogP contribution < -0.4 is 4.74 Å². The predicted molar refractivity (Wildman–Crippen MR) is 75.5 cm³/mol. The van der Waals surface area contributed by atoms with E-state index in [9.17, 15) is 12.8 Å². The first-order valence-corrected chi connectivity index (χ1v) is 8.69. The fourth-order valence-electron chi connectivity index (χ4n) is 3.03. The fraction of sp³-hybridized carbons (Fsp3) is 0.571. The van der Waals surface area contributed by atoms with E-state index in [1.165, 1.54) is 19.2 Å². The third-order valence-corrected chi connectivity index (χ3v) is 5.76. The van der Waals surface area contributed by atoms with Crippen LogP contribution in [0.15, 0.2) is 18.2 Å². The first-order valence-electron chi connectivity index (χ1n) is 6.87.